The maximum absolute atomic E-state index is 9.45. The molecule has 1 fully saturated rings. The average molecular weight is 195 g/mol. The number of rotatable bonds is 3. The van der Waals surface area contributed by atoms with Crippen LogP contribution >= 0.6 is 0 Å². The maximum Gasteiger partial charge on any atom is 0.115 e. The van der Waals surface area contributed by atoms with E-state index in [0.717, 1.165) is 5.56 Å². The van der Waals surface area contributed by atoms with Crippen molar-refractivity contribution >= 4 is 0 Å². The van der Waals surface area contributed by atoms with E-state index < -0.39 is 6.10 Å². The Morgan fingerprint density at radius 3 is 2.86 bits per heavy atom. The first-order valence-corrected chi connectivity index (χ1v) is 4.59. The minimum atomic E-state index is -0.403. The van der Waals surface area contributed by atoms with Gasteiger partial charge in [0.05, 0.1) is 25.4 Å². The van der Waals surface area contributed by atoms with Crippen molar-refractivity contribution in [1.82, 2.24) is 15.3 Å². The summed E-state index contributed by atoms with van der Waals surface area (Å²) in [4.78, 5) is 7.81. The van der Waals surface area contributed by atoms with Gasteiger partial charge < -0.3 is 15.2 Å². The third-order valence-corrected chi connectivity index (χ3v) is 2.23. The van der Waals surface area contributed by atoms with E-state index in [-0.39, 0.29) is 6.04 Å². The first kappa shape index (κ1) is 9.51. The molecular weight excluding hydrogens is 182 g/mol. The SMILES string of the molecule is OC1COCC1NCc1cncnc1. The maximum atomic E-state index is 9.45. The topological polar surface area (TPSA) is 67.3 Å². The molecule has 1 aliphatic rings. The van der Waals surface area contributed by atoms with E-state index in [2.05, 4.69) is 15.3 Å². The Labute approximate surface area is 82.1 Å². The van der Waals surface area contributed by atoms with Gasteiger partial charge in [-0.05, 0) is 0 Å². The van der Waals surface area contributed by atoms with E-state index >= 15 is 0 Å². The molecule has 1 aliphatic heterocycles. The summed E-state index contributed by atoms with van der Waals surface area (Å²) in [6.45, 7) is 1.64. The number of ether oxygens (including phenoxy) is 1. The van der Waals surface area contributed by atoms with E-state index in [0.29, 0.717) is 19.8 Å². The lowest BCUT2D eigenvalue weighted by Crippen LogP contribution is -2.38. The molecule has 14 heavy (non-hydrogen) atoms. The van der Waals surface area contributed by atoms with Gasteiger partial charge in [0.25, 0.3) is 0 Å². The highest BCUT2D eigenvalue weighted by atomic mass is 16.5. The average Bonchev–Trinajstić information content (AvgIpc) is 2.63. The largest absolute Gasteiger partial charge is 0.389 e. The van der Waals surface area contributed by atoms with Crippen LogP contribution in [0, 0.1) is 0 Å². The van der Waals surface area contributed by atoms with E-state index in [1.54, 1.807) is 12.4 Å². The lowest BCUT2D eigenvalue weighted by molar-refractivity contribution is 0.122. The third-order valence-electron chi connectivity index (χ3n) is 2.23. The Morgan fingerprint density at radius 1 is 1.43 bits per heavy atom. The molecule has 5 nitrogen and oxygen atoms in total. The van der Waals surface area contributed by atoms with Crippen molar-refractivity contribution < 1.29 is 9.84 Å². The Hall–Kier alpha value is -1.04. The Bertz CT molecular complexity index is 281. The van der Waals surface area contributed by atoms with Crippen molar-refractivity contribution in [2.24, 2.45) is 0 Å². The number of aromatic nitrogens is 2. The molecule has 1 aromatic heterocycles. The summed E-state index contributed by atoms with van der Waals surface area (Å²) in [5, 5.41) is 12.6. The van der Waals surface area contributed by atoms with E-state index in [1.165, 1.54) is 6.33 Å². The molecule has 0 aromatic carbocycles. The number of hydrogen-bond acceptors (Lipinski definition) is 5. The number of aliphatic hydroxyl groups is 1. The zero-order valence-corrected chi connectivity index (χ0v) is 7.76. The standard InChI is InChI=1S/C9H13N3O2/c13-9-5-14-4-8(9)12-3-7-1-10-6-11-2-7/h1-2,6,8-9,12-13H,3-5H2. The van der Waals surface area contributed by atoms with Crippen LogP contribution in [0.2, 0.25) is 0 Å². The molecule has 0 saturated carbocycles. The number of hydrogen-bond donors (Lipinski definition) is 2. The summed E-state index contributed by atoms with van der Waals surface area (Å²) in [5.41, 5.74) is 1.01. The van der Waals surface area contributed by atoms with Gasteiger partial charge in [-0.1, -0.05) is 0 Å². The van der Waals surface area contributed by atoms with Crippen molar-refractivity contribution in [1.29, 1.82) is 0 Å². The monoisotopic (exact) mass is 195 g/mol. The van der Waals surface area contributed by atoms with Crippen LogP contribution in [0.15, 0.2) is 18.7 Å². The fourth-order valence-corrected chi connectivity index (χ4v) is 1.41. The predicted octanol–water partition coefficient (Wildman–Crippen LogP) is -0.674. The van der Waals surface area contributed by atoms with Crippen LogP contribution in [0.5, 0.6) is 0 Å². The second-order valence-corrected chi connectivity index (χ2v) is 3.34. The number of nitrogens with one attached hydrogen (secondary N) is 1. The van der Waals surface area contributed by atoms with Crippen molar-refractivity contribution in [2.75, 3.05) is 13.2 Å². The van der Waals surface area contributed by atoms with Gasteiger partial charge in [-0.2, -0.15) is 0 Å². The van der Waals surface area contributed by atoms with Crippen LogP contribution in [0.1, 0.15) is 5.56 Å². The van der Waals surface area contributed by atoms with Gasteiger partial charge in [0.1, 0.15) is 6.33 Å². The van der Waals surface area contributed by atoms with Crippen LogP contribution in [0.25, 0.3) is 0 Å². The molecule has 0 amide bonds. The van der Waals surface area contributed by atoms with Crippen LogP contribution in [0.4, 0.5) is 0 Å². The van der Waals surface area contributed by atoms with Crippen molar-refractivity contribution in [3.8, 4) is 0 Å². The van der Waals surface area contributed by atoms with Gasteiger partial charge in [0.15, 0.2) is 0 Å². The molecule has 0 spiro atoms. The van der Waals surface area contributed by atoms with Gasteiger partial charge in [-0.15, -0.1) is 0 Å². The van der Waals surface area contributed by atoms with Crippen molar-refractivity contribution in [2.45, 2.75) is 18.7 Å². The van der Waals surface area contributed by atoms with Gasteiger partial charge in [0.2, 0.25) is 0 Å². The highest BCUT2D eigenvalue weighted by Gasteiger charge is 2.25. The van der Waals surface area contributed by atoms with Crippen molar-refractivity contribution in [3.05, 3.63) is 24.3 Å². The summed E-state index contributed by atoms with van der Waals surface area (Å²) >= 11 is 0. The summed E-state index contributed by atoms with van der Waals surface area (Å²) in [7, 11) is 0. The fraction of sp³-hybridized carbons (Fsp3) is 0.556. The van der Waals surface area contributed by atoms with Crippen molar-refractivity contribution in [3.63, 3.8) is 0 Å². The quantitative estimate of drug-likeness (QED) is 0.669. The molecule has 2 unspecified atom stereocenters. The molecule has 2 N–H and O–H groups in total. The molecule has 2 atom stereocenters. The Morgan fingerprint density at radius 2 is 2.21 bits per heavy atom. The molecule has 0 bridgehead atoms. The van der Waals surface area contributed by atoms with Gasteiger partial charge in [0, 0.05) is 24.5 Å². The fourth-order valence-electron chi connectivity index (χ4n) is 1.41. The van der Waals surface area contributed by atoms with Gasteiger partial charge >= 0.3 is 0 Å². The molecular formula is C9H13N3O2. The lowest BCUT2D eigenvalue weighted by atomic mass is 10.2. The summed E-state index contributed by atoms with van der Waals surface area (Å²) in [5.74, 6) is 0. The lowest BCUT2D eigenvalue weighted by Gasteiger charge is -2.13. The molecule has 2 rings (SSSR count). The van der Waals surface area contributed by atoms with Gasteiger partial charge in [-0.25, -0.2) is 9.97 Å². The molecule has 1 saturated heterocycles. The summed E-state index contributed by atoms with van der Waals surface area (Å²) in [6.07, 6.45) is 4.60. The molecule has 76 valence electrons. The first-order chi connectivity index (χ1) is 6.86. The minimum Gasteiger partial charge on any atom is -0.389 e. The molecule has 2 heterocycles. The van der Waals surface area contributed by atoms with E-state index in [9.17, 15) is 5.11 Å². The predicted molar refractivity (Wildman–Crippen MR) is 49.5 cm³/mol. The second kappa shape index (κ2) is 4.45. The van der Waals surface area contributed by atoms with Crippen LogP contribution in [-0.4, -0.2) is 40.4 Å². The Balaban J connectivity index is 1.82. The summed E-state index contributed by atoms with van der Waals surface area (Å²) in [6, 6.07) is 0.0233. The van der Waals surface area contributed by atoms with Crippen LogP contribution in [0.3, 0.4) is 0 Å². The molecule has 0 aliphatic carbocycles. The normalized spacial score (nSPS) is 26.6. The van der Waals surface area contributed by atoms with Crippen LogP contribution < -0.4 is 5.32 Å². The molecule has 0 radical (unpaired) electrons. The second-order valence-electron chi connectivity index (χ2n) is 3.34. The zero-order valence-electron chi connectivity index (χ0n) is 7.76. The smallest absolute Gasteiger partial charge is 0.115 e. The van der Waals surface area contributed by atoms with Crippen LogP contribution in [-0.2, 0) is 11.3 Å². The first-order valence-electron chi connectivity index (χ1n) is 4.59. The number of nitrogens with zero attached hydrogens (tertiary/aromatic N) is 2. The molecule has 5 heteroatoms. The highest BCUT2D eigenvalue weighted by molar-refractivity contribution is 5.02. The van der Waals surface area contributed by atoms with E-state index in [4.69, 9.17) is 4.74 Å². The van der Waals surface area contributed by atoms with E-state index in [1.807, 2.05) is 0 Å². The highest BCUT2D eigenvalue weighted by Crippen LogP contribution is 2.05. The third kappa shape index (κ3) is 2.25. The molecule has 1 aromatic rings. The number of aliphatic hydroxyl groups excluding tert-OH is 1. The minimum absolute atomic E-state index is 0.0233. The summed E-state index contributed by atoms with van der Waals surface area (Å²) < 4.78 is 5.11. The zero-order chi connectivity index (χ0) is 9.80. The Kier molecular flexibility index (Phi) is 3.03. The van der Waals surface area contributed by atoms with Gasteiger partial charge in [-0.3, -0.25) is 0 Å².